The van der Waals surface area contributed by atoms with Crippen LogP contribution in [0, 0.1) is 6.92 Å². The van der Waals surface area contributed by atoms with Crippen LogP contribution in [0.4, 0.5) is 0 Å². The van der Waals surface area contributed by atoms with Crippen molar-refractivity contribution in [2.24, 2.45) is 0 Å². The largest absolute Gasteiger partial charge is 0.496 e. The van der Waals surface area contributed by atoms with E-state index in [2.05, 4.69) is 5.32 Å². The minimum absolute atomic E-state index is 0.114. The van der Waals surface area contributed by atoms with Gasteiger partial charge in [0.1, 0.15) is 22.8 Å². The summed E-state index contributed by atoms with van der Waals surface area (Å²) < 4.78 is 10.6. The number of furan rings is 1. The highest BCUT2D eigenvalue weighted by Gasteiger charge is 2.14. The van der Waals surface area contributed by atoms with Gasteiger partial charge in [-0.05, 0) is 31.0 Å². The second kappa shape index (κ2) is 7.49. The van der Waals surface area contributed by atoms with Crippen molar-refractivity contribution in [2.75, 3.05) is 7.11 Å². The first kappa shape index (κ1) is 16.6. The molecule has 0 fully saturated rings. The van der Waals surface area contributed by atoms with Gasteiger partial charge in [-0.25, -0.2) is 4.79 Å². The average molecular weight is 317 g/mol. The molecule has 23 heavy (non-hydrogen) atoms. The molecule has 2 rings (SSSR count). The molecule has 0 saturated heterocycles. The highest BCUT2D eigenvalue weighted by Crippen LogP contribution is 2.19. The lowest BCUT2D eigenvalue weighted by molar-refractivity contribution is -0.121. The number of ether oxygens (including phenoxy) is 1. The second-order valence-electron chi connectivity index (χ2n) is 5.08. The normalized spacial score (nSPS) is 10.3. The summed E-state index contributed by atoms with van der Waals surface area (Å²) in [4.78, 5) is 22.8. The van der Waals surface area contributed by atoms with Crippen LogP contribution < -0.4 is 10.1 Å². The third-order valence-electron chi connectivity index (χ3n) is 3.47. The van der Waals surface area contributed by atoms with Gasteiger partial charge in [0.05, 0.1) is 13.7 Å². The first-order chi connectivity index (χ1) is 11.0. The maximum absolute atomic E-state index is 11.9. The summed E-state index contributed by atoms with van der Waals surface area (Å²) in [6.45, 7) is 1.75. The molecule has 1 heterocycles. The number of carboxylic acid groups (broad SMARTS) is 1. The van der Waals surface area contributed by atoms with Gasteiger partial charge in [-0.15, -0.1) is 0 Å². The van der Waals surface area contributed by atoms with Crippen LogP contribution in [0.1, 0.15) is 33.9 Å². The van der Waals surface area contributed by atoms with Gasteiger partial charge in [0.25, 0.3) is 0 Å². The summed E-state index contributed by atoms with van der Waals surface area (Å²) in [6, 6.07) is 8.97. The number of carbonyl (C=O) groups is 2. The zero-order chi connectivity index (χ0) is 16.8. The first-order valence-corrected chi connectivity index (χ1v) is 7.22. The number of nitrogens with one attached hydrogen (secondary N) is 1. The number of amides is 1. The van der Waals surface area contributed by atoms with Crippen molar-refractivity contribution in [3.05, 3.63) is 53.0 Å². The van der Waals surface area contributed by atoms with Crippen LogP contribution in [0.2, 0.25) is 0 Å². The Labute approximate surface area is 134 Å². The van der Waals surface area contributed by atoms with E-state index in [1.165, 1.54) is 6.07 Å². The Morgan fingerprint density at radius 1 is 1.30 bits per heavy atom. The minimum Gasteiger partial charge on any atom is -0.496 e. The lowest BCUT2D eigenvalue weighted by Gasteiger charge is -2.08. The molecule has 0 spiro atoms. The van der Waals surface area contributed by atoms with Crippen molar-refractivity contribution in [2.45, 2.75) is 26.3 Å². The molecule has 122 valence electrons. The summed E-state index contributed by atoms with van der Waals surface area (Å²) in [5.74, 6) is 0.330. The molecule has 0 atom stereocenters. The molecular weight excluding hydrogens is 298 g/mol. The zero-order valence-corrected chi connectivity index (χ0v) is 13.1. The van der Waals surface area contributed by atoms with Crippen LogP contribution in [0.5, 0.6) is 5.75 Å². The van der Waals surface area contributed by atoms with Crippen molar-refractivity contribution in [1.29, 1.82) is 0 Å². The minimum atomic E-state index is -1.04. The fourth-order valence-electron chi connectivity index (χ4n) is 2.27. The Kier molecular flexibility index (Phi) is 5.41. The van der Waals surface area contributed by atoms with Gasteiger partial charge in [-0.2, -0.15) is 0 Å². The van der Waals surface area contributed by atoms with Crippen molar-refractivity contribution < 1.29 is 23.8 Å². The highest BCUT2D eigenvalue weighted by molar-refractivity contribution is 5.88. The Bertz CT molecular complexity index is 705. The number of methoxy groups -OCH3 is 1. The van der Waals surface area contributed by atoms with Crippen LogP contribution in [-0.2, 0) is 17.8 Å². The van der Waals surface area contributed by atoms with E-state index >= 15 is 0 Å². The first-order valence-electron chi connectivity index (χ1n) is 7.22. The molecule has 6 heteroatoms. The Hall–Kier alpha value is -2.76. The molecule has 1 aromatic heterocycles. The third kappa shape index (κ3) is 4.35. The number of aryl methyl sites for hydroxylation is 2. The Morgan fingerprint density at radius 3 is 2.70 bits per heavy atom. The van der Waals surface area contributed by atoms with Crippen LogP contribution in [0.15, 0.2) is 34.7 Å². The molecule has 2 aromatic rings. The average Bonchev–Trinajstić information content (AvgIpc) is 2.92. The van der Waals surface area contributed by atoms with Crippen molar-refractivity contribution in [3.63, 3.8) is 0 Å². The van der Waals surface area contributed by atoms with Gasteiger partial charge in [0, 0.05) is 6.42 Å². The van der Waals surface area contributed by atoms with E-state index in [-0.39, 0.29) is 18.0 Å². The lowest BCUT2D eigenvalue weighted by atomic mass is 10.1. The van der Waals surface area contributed by atoms with Crippen LogP contribution in [0.25, 0.3) is 0 Å². The number of rotatable bonds is 7. The molecule has 0 radical (unpaired) electrons. The molecule has 6 nitrogen and oxygen atoms in total. The van der Waals surface area contributed by atoms with Crippen LogP contribution >= 0.6 is 0 Å². The number of benzene rings is 1. The Morgan fingerprint density at radius 2 is 2.04 bits per heavy atom. The fraction of sp³-hybridized carbons (Fsp3) is 0.294. The van der Waals surface area contributed by atoms with Crippen LogP contribution in [-0.4, -0.2) is 24.1 Å². The number of carboxylic acids is 1. The standard InChI is InChI=1S/C17H19NO5/c1-11-14(17(20)21)9-13(23-11)10-18-16(19)8-7-12-5-3-4-6-15(12)22-2/h3-6,9H,7-8,10H2,1-2H3,(H,18,19)(H,20,21). The smallest absolute Gasteiger partial charge is 0.339 e. The fourth-order valence-corrected chi connectivity index (χ4v) is 2.27. The lowest BCUT2D eigenvalue weighted by Crippen LogP contribution is -2.22. The predicted molar refractivity (Wildman–Crippen MR) is 83.6 cm³/mol. The number of aromatic carboxylic acids is 1. The molecule has 2 N–H and O–H groups in total. The van der Waals surface area contributed by atoms with E-state index in [1.807, 2.05) is 24.3 Å². The topological polar surface area (TPSA) is 88.8 Å². The molecule has 0 aliphatic rings. The number of para-hydroxylation sites is 1. The maximum Gasteiger partial charge on any atom is 0.339 e. The van der Waals surface area contributed by atoms with Gasteiger partial charge in [0.15, 0.2) is 0 Å². The van der Waals surface area contributed by atoms with Crippen molar-refractivity contribution in [3.8, 4) is 5.75 Å². The number of hydrogen-bond acceptors (Lipinski definition) is 4. The molecule has 1 aromatic carbocycles. The van der Waals surface area contributed by atoms with E-state index in [1.54, 1.807) is 14.0 Å². The highest BCUT2D eigenvalue weighted by atomic mass is 16.5. The van der Waals surface area contributed by atoms with E-state index in [0.29, 0.717) is 24.4 Å². The molecule has 0 aliphatic carbocycles. The molecule has 0 bridgehead atoms. The van der Waals surface area contributed by atoms with Crippen molar-refractivity contribution in [1.82, 2.24) is 5.32 Å². The van der Waals surface area contributed by atoms with E-state index < -0.39 is 5.97 Å². The summed E-state index contributed by atoms with van der Waals surface area (Å²) in [7, 11) is 1.60. The molecule has 0 saturated carbocycles. The number of carbonyl (C=O) groups excluding carboxylic acids is 1. The second-order valence-corrected chi connectivity index (χ2v) is 5.08. The SMILES string of the molecule is COc1ccccc1CCC(=O)NCc1cc(C(=O)O)c(C)o1. The van der Waals surface area contributed by atoms with Gasteiger partial charge in [-0.1, -0.05) is 18.2 Å². The van der Waals surface area contributed by atoms with Crippen LogP contribution in [0.3, 0.4) is 0 Å². The summed E-state index contributed by atoms with van der Waals surface area (Å²) in [5.41, 5.74) is 1.08. The zero-order valence-electron chi connectivity index (χ0n) is 13.1. The molecule has 0 unspecified atom stereocenters. The van der Waals surface area contributed by atoms with E-state index in [0.717, 1.165) is 11.3 Å². The summed E-state index contributed by atoms with van der Waals surface area (Å²) in [6.07, 6.45) is 0.874. The maximum atomic E-state index is 11.9. The van der Waals surface area contributed by atoms with Gasteiger partial charge >= 0.3 is 5.97 Å². The van der Waals surface area contributed by atoms with E-state index in [4.69, 9.17) is 14.3 Å². The predicted octanol–water partition coefficient (Wildman–Crippen LogP) is 2.54. The van der Waals surface area contributed by atoms with E-state index in [9.17, 15) is 9.59 Å². The van der Waals surface area contributed by atoms with Gasteiger partial charge in [0.2, 0.25) is 5.91 Å². The monoisotopic (exact) mass is 317 g/mol. The molecular formula is C17H19NO5. The molecule has 0 aliphatic heterocycles. The van der Waals surface area contributed by atoms with Gasteiger partial charge in [-0.3, -0.25) is 4.79 Å². The summed E-state index contributed by atoms with van der Waals surface area (Å²) >= 11 is 0. The Balaban J connectivity index is 1.86. The third-order valence-corrected chi connectivity index (χ3v) is 3.47. The quantitative estimate of drug-likeness (QED) is 0.819. The van der Waals surface area contributed by atoms with Gasteiger partial charge < -0.3 is 19.6 Å². The molecule has 1 amide bonds. The number of hydrogen-bond donors (Lipinski definition) is 2. The summed E-state index contributed by atoms with van der Waals surface area (Å²) in [5, 5.41) is 11.7. The van der Waals surface area contributed by atoms with Crippen molar-refractivity contribution >= 4 is 11.9 Å².